The molecule has 0 radical (unpaired) electrons. The Hall–Kier alpha value is -0.0800. The number of halogens is 1. The van der Waals surface area contributed by atoms with E-state index in [0.717, 1.165) is 45.0 Å². The van der Waals surface area contributed by atoms with E-state index in [-0.39, 0.29) is 24.0 Å². The van der Waals surface area contributed by atoms with Gasteiger partial charge in [-0.15, -0.1) is 24.0 Å². The van der Waals surface area contributed by atoms with Crippen molar-refractivity contribution in [2.45, 2.75) is 70.1 Å². The van der Waals surface area contributed by atoms with Crippen LogP contribution in [0.1, 0.15) is 51.9 Å². The summed E-state index contributed by atoms with van der Waals surface area (Å²) in [7, 11) is 1.87. The fraction of sp³-hybridized carbons (Fsp3) is 0.941. The molecular weight excluding hydrogens is 405 g/mol. The van der Waals surface area contributed by atoms with Crippen LogP contribution in [-0.4, -0.2) is 51.0 Å². The SMILES string of the molecule is CCOC1CC(NC(=NC)NC2CCOCC2)C12CCCC2.I. The molecule has 6 heteroatoms. The van der Waals surface area contributed by atoms with Crippen LogP contribution in [0.5, 0.6) is 0 Å². The Morgan fingerprint density at radius 3 is 2.52 bits per heavy atom. The molecule has 134 valence electrons. The fourth-order valence-electron chi connectivity index (χ4n) is 4.46. The smallest absolute Gasteiger partial charge is 0.191 e. The summed E-state index contributed by atoms with van der Waals surface area (Å²) in [6.45, 7) is 4.64. The number of aliphatic imine (C=N–C) groups is 1. The number of rotatable bonds is 4. The Bertz CT molecular complexity index is 393. The fourth-order valence-corrected chi connectivity index (χ4v) is 4.46. The minimum atomic E-state index is 0. The second kappa shape index (κ2) is 8.85. The molecule has 1 heterocycles. The Kier molecular flexibility index (Phi) is 7.41. The van der Waals surface area contributed by atoms with Crippen molar-refractivity contribution in [3.8, 4) is 0 Å². The molecule has 0 aromatic heterocycles. The van der Waals surface area contributed by atoms with E-state index in [9.17, 15) is 0 Å². The summed E-state index contributed by atoms with van der Waals surface area (Å²) in [4.78, 5) is 4.44. The van der Waals surface area contributed by atoms with Crippen molar-refractivity contribution in [2.75, 3.05) is 26.9 Å². The summed E-state index contributed by atoms with van der Waals surface area (Å²) < 4.78 is 11.4. The van der Waals surface area contributed by atoms with Crippen LogP contribution in [0, 0.1) is 5.41 Å². The predicted octanol–water partition coefficient (Wildman–Crippen LogP) is 2.69. The van der Waals surface area contributed by atoms with Gasteiger partial charge in [-0.25, -0.2) is 0 Å². The average Bonchev–Trinajstić information content (AvgIpc) is 3.06. The van der Waals surface area contributed by atoms with E-state index in [1.807, 2.05) is 7.05 Å². The summed E-state index contributed by atoms with van der Waals surface area (Å²) >= 11 is 0. The monoisotopic (exact) mass is 437 g/mol. The lowest BCUT2D eigenvalue weighted by Crippen LogP contribution is -2.65. The van der Waals surface area contributed by atoms with Crippen molar-refractivity contribution >= 4 is 29.9 Å². The van der Waals surface area contributed by atoms with Crippen molar-refractivity contribution in [1.29, 1.82) is 0 Å². The Labute approximate surface area is 157 Å². The third-order valence-electron chi connectivity index (χ3n) is 5.78. The van der Waals surface area contributed by atoms with Crippen LogP contribution in [-0.2, 0) is 9.47 Å². The average molecular weight is 437 g/mol. The third-order valence-corrected chi connectivity index (χ3v) is 5.78. The van der Waals surface area contributed by atoms with Gasteiger partial charge in [-0.3, -0.25) is 4.99 Å². The first-order chi connectivity index (χ1) is 10.8. The summed E-state index contributed by atoms with van der Waals surface area (Å²) in [5.41, 5.74) is 0.351. The predicted molar refractivity (Wildman–Crippen MR) is 104 cm³/mol. The summed E-state index contributed by atoms with van der Waals surface area (Å²) in [5.74, 6) is 0.957. The molecule has 3 aliphatic rings. The van der Waals surface area contributed by atoms with Crippen molar-refractivity contribution < 1.29 is 9.47 Å². The van der Waals surface area contributed by atoms with Crippen molar-refractivity contribution in [3.05, 3.63) is 0 Å². The van der Waals surface area contributed by atoms with Crippen LogP contribution in [0.25, 0.3) is 0 Å². The number of hydrogen-bond donors (Lipinski definition) is 2. The summed E-state index contributed by atoms with van der Waals surface area (Å²) in [6, 6.07) is 1.000. The van der Waals surface area contributed by atoms with Crippen molar-refractivity contribution in [2.24, 2.45) is 10.4 Å². The van der Waals surface area contributed by atoms with E-state index in [0.29, 0.717) is 23.6 Å². The van der Waals surface area contributed by atoms with Gasteiger partial charge in [-0.05, 0) is 39.0 Å². The molecule has 23 heavy (non-hydrogen) atoms. The highest BCUT2D eigenvalue weighted by atomic mass is 127. The van der Waals surface area contributed by atoms with Gasteiger partial charge in [0, 0.05) is 44.4 Å². The van der Waals surface area contributed by atoms with E-state index in [1.54, 1.807) is 0 Å². The largest absolute Gasteiger partial charge is 0.381 e. The zero-order valence-electron chi connectivity index (χ0n) is 14.5. The lowest BCUT2D eigenvalue weighted by Gasteiger charge is -2.54. The summed E-state index contributed by atoms with van der Waals surface area (Å²) in [6.07, 6.45) is 8.96. The van der Waals surface area contributed by atoms with E-state index >= 15 is 0 Å². The summed E-state index contributed by atoms with van der Waals surface area (Å²) in [5, 5.41) is 7.27. The van der Waals surface area contributed by atoms with Gasteiger partial charge >= 0.3 is 0 Å². The first-order valence-corrected chi connectivity index (χ1v) is 8.97. The molecule has 0 aromatic rings. The van der Waals surface area contributed by atoms with Crippen LogP contribution in [0.2, 0.25) is 0 Å². The van der Waals surface area contributed by atoms with E-state index in [1.165, 1.54) is 25.7 Å². The standard InChI is InChI=1S/C17H31N3O2.HI/c1-3-22-15-12-14(17(15)8-4-5-9-17)20-16(18-2)19-13-6-10-21-11-7-13;/h13-15H,3-12H2,1-2H3,(H2,18,19,20);1H. The number of ether oxygens (including phenoxy) is 2. The van der Waals surface area contributed by atoms with Gasteiger partial charge in [-0.2, -0.15) is 0 Å². The van der Waals surface area contributed by atoms with Gasteiger partial charge < -0.3 is 20.1 Å². The first-order valence-electron chi connectivity index (χ1n) is 8.97. The van der Waals surface area contributed by atoms with Crippen LogP contribution >= 0.6 is 24.0 Å². The Morgan fingerprint density at radius 2 is 1.91 bits per heavy atom. The maximum absolute atomic E-state index is 5.99. The molecule has 2 saturated carbocycles. The van der Waals surface area contributed by atoms with Crippen LogP contribution in [0.4, 0.5) is 0 Å². The van der Waals surface area contributed by atoms with Gasteiger partial charge in [0.2, 0.25) is 0 Å². The van der Waals surface area contributed by atoms with Gasteiger partial charge in [-0.1, -0.05) is 12.8 Å². The molecule has 1 aliphatic heterocycles. The minimum absolute atomic E-state index is 0. The molecule has 0 aromatic carbocycles. The zero-order valence-corrected chi connectivity index (χ0v) is 16.8. The van der Waals surface area contributed by atoms with Gasteiger partial charge in [0.25, 0.3) is 0 Å². The zero-order chi connectivity index (χ0) is 15.4. The second-order valence-corrected chi connectivity index (χ2v) is 6.92. The Morgan fingerprint density at radius 1 is 1.22 bits per heavy atom. The molecule has 2 unspecified atom stereocenters. The molecule has 2 aliphatic carbocycles. The highest BCUT2D eigenvalue weighted by Gasteiger charge is 2.57. The van der Waals surface area contributed by atoms with Gasteiger partial charge in [0.15, 0.2) is 5.96 Å². The lowest BCUT2D eigenvalue weighted by atomic mass is 9.60. The van der Waals surface area contributed by atoms with E-state index < -0.39 is 0 Å². The highest BCUT2D eigenvalue weighted by Crippen LogP contribution is 2.54. The van der Waals surface area contributed by atoms with Gasteiger partial charge in [0.1, 0.15) is 0 Å². The minimum Gasteiger partial charge on any atom is -0.381 e. The third kappa shape index (κ3) is 4.12. The molecule has 1 saturated heterocycles. The normalized spacial score (nSPS) is 30.6. The number of nitrogens with zero attached hydrogens (tertiary/aromatic N) is 1. The molecule has 2 N–H and O–H groups in total. The van der Waals surface area contributed by atoms with Crippen LogP contribution < -0.4 is 10.6 Å². The molecule has 5 nitrogen and oxygen atoms in total. The van der Waals surface area contributed by atoms with E-state index in [4.69, 9.17) is 9.47 Å². The molecule has 3 fully saturated rings. The number of hydrogen-bond acceptors (Lipinski definition) is 3. The van der Waals surface area contributed by atoms with E-state index in [2.05, 4.69) is 22.5 Å². The van der Waals surface area contributed by atoms with Gasteiger partial charge in [0.05, 0.1) is 6.10 Å². The Balaban J connectivity index is 0.00000192. The number of nitrogens with one attached hydrogen (secondary N) is 2. The second-order valence-electron chi connectivity index (χ2n) is 6.92. The molecule has 0 bridgehead atoms. The molecule has 3 rings (SSSR count). The van der Waals surface area contributed by atoms with Crippen LogP contribution in [0.3, 0.4) is 0 Å². The quantitative estimate of drug-likeness (QED) is 0.404. The molecule has 2 atom stereocenters. The number of guanidine groups is 1. The van der Waals surface area contributed by atoms with Crippen molar-refractivity contribution in [1.82, 2.24) is 10.6 Å². The lowest BCUT2D eigenvalue weighted by molar-refractivity contribution is -0.125. The molecule has 1 spiro atoms. The first kappa shape index (κ1) is 19.2. The van der Waals surface area contributed by atoms with Crippen LogP contribution in [0.15, 0.2) is 4.99 Å². The maximum atomic E-state index is 5.99. The topological polar surface area (TPSA) is 54.9 Å². The molecule has 0 amide bonds. The highest BCUT2D eigenvalue weighted by molar-refractivity contribution is 14.0. The molecular formula is C17H32IN3O2. The van der Waals surface area contributed by atoms with Crippen molar-refractivity contribution in [3.63, 3.8) is 0 Å². The maximum Gasteiger partial charge on any atom is 0.191 e.